The van der Waals surface area contributed by atoms with E-state index in [0.717, 1.165) is 0 Å². The molecule has 0 aliphatic heterocycles. The lowest BCUT2D eigenvalue weighted by atomic mass is 10.3. The van der Waals surface area contributed by atoms with Gasteiger partial charge in [-0.05, 0) is 12.1 Å². The van der Waals surface area contributed by atoms with E-state index in [9.17, 15) is 4.79 Å². The molecule has 1 heterocycles. The lowest BCUT2D eigenvalue weighted by Crippen LogP contribution is -2.30. The number of ether oxygens (including phenoxy) is 1. The van der Waals surface area contributed by atoms with Gasteiger partial charge in [-0.1, -0.05) is 11.3 Å². The standard InChI is InChI=1S/C13H17N5O2/c1-20-12-4-2-3-11(9-12)16-13(19)10-14-5-7-18-8-6-15-17-18/h2-4,6,8-9,14H,5,7,10H2,1H3,(H,16,19). The van der Waals surface area contributed by atoms with Gasteiger partial charge in [0, 0.05) is 24.5 Å². The fourth-order valence-electron chi connectivity index (χ4n) is 1.65. The van der Waals surface area contributed by atoms with Crippen molar-refractivity contribution in [3.05, 3.63) is 36.7 Å². The number of anilines is 1. The van der Waals surface area contributed by atoms with Gasteiger partial charge in [-0.25, -0.2) is 0 Å². The van der Waals surface area contributed by atoms with E-state index in [-0.39, 0.29) is 12.5 Å². The Balaban J connectivity index is 1.69. The average molecular weight is 275 g/mol. The average Bonchev–Trinajstić information content (AvgIpc) is 2.97. The lowest BCUT2D eigenvalue weighted by Gasteiger charge is -2.08. The molecule has 20 heavy (non-hydrogen) atoms. The molecule has 0 fully saturated rings. The van der Waals surface area contributed by atoms with Crippen molar-refractivity contribution in [3.63, 3.8) is 0 Å². The van der Waals surface area contributed by atoms with Gasteiger partial charge in [0.25, 0.3) is 0 Å². The smallest absolute Gasteiger partial charge is 0.238 e. The van der Waals surface area contributed by atoms with Gasteiger partial charge in [0.15, 0.2) is 0 Å². The molecule has 7 nitrogen and oxygen atoms in total. The maximum Gasteiger partial charge on any atom is 0.238 e. The molecule has 2 rings (SSSR count). The molecule has 1 aromatic carbocycles. The first-order valence-corrected chi connectivity index (χ1v) is 6.26. The SMILES string of the molecule is COc1cccc(NC(=O)CNCCn2ccnn2)c1. The summed E-state index contributed by atoms with van der Waals surface area (Å²) in [4.78, 5) is 11.7. The topological polar surface area (TPSA) is 81.1 Å². The summed E-state index contributed by atoms with van der Waals surface area (Å²) in [6.45, 7) is 1.56. The zero-order valence-corrected chi connectivity index (χ0v) is 11.2. The molecule has 1 aromatic heterocycles. The number of nitrogens with one attached hydrogen (secondary N) is 2. The van der Waals surface area contributed by atoms with Crippen LogP contribution in [0.2, 0.25) is 0 Å². The number of rotatable bonds is 7. The van der Waals surface area contributed by atoms with Gasteiger partial charge in [-0.2, -0.15) is 0 Å². The van der Waals surface area contributed by atoms with E-state index in [4.69, 9.17) is 4.74 Å². The van der Waals surface area contributed by atoms with Crippen molar-refractivity contribution in [2.75, 3.05) is 25.5 Å². The Labute approximate surface area is 116 Å². The van der Waals surface area contributed by atoms with Crippen LogP contribution in [-0.2, 0) is 11.3 Å². The Morgan fingerprint density at radius 2 is 2.35 bits per heavy atom. The van der Waals surface area contributed by atoms with Gasteiger partial charge in [0.2, 0.25) is 5.91 Å². The summed E-state index contributed by atoms with van der Waals surface area (Å²) in [5.74, 6) is 0.610. The van der Waals surface area contributed by atoms with Gasteiger partial charge < -0.3 is 15.4 Å². The van der Waals surface area contributed by atoms with E-state index in [1.807, 2.05) is 18.2 Å². The highest BCUT2D eigenvalue weighted by Gasteiger charge is 2.02. The second-order valence-corrected chi connectivity index (χ2v) is 4.12. The normalized spacial score (nSPS) is 10.2. The Morgan fingerprint density at radius 1 is 1.45 bits per heavy atom. The van der Waals surface area contributed by atoms with Gasteiger partial charge in [0.1, 0.15) is 5.75 Å². The van der Waals surface area contributed by atoms with E-state index in [0.29, 0.717) is 24.5 Å². The highest BCUT2D eigenvalue weighted by molar-refractivity contribution is 5.92. The largest absolute Gasteiger partial charge is 0.497 e. The van der Waals surface area contributed by atoms with Gasteiger partial charge in [-0.15, -0.1) is 5.10 Å². The number of hydrogen-bond donors (Lipinski definition) is 2. The Bertz CT molecular complexity index is 541. The summed E-state index contributed by atoms with van der Waals surface area (Å²) in [5.41, 5.74) is 0.715. The number of carbonyl (C=O) groups excluding carboxylic acids is 1. The summed E-state index contributed by atoms with van der Waals surface area (Å²) in [6, 6.07) is 7.24. The second-order valence-electron chi connectivity index (χ2n) is 4.12. The minimum Gasteiger partial charge on any atom is -0.497 e. The predicted molar refractivity (Wildman–Crippen MR) is 74.5 cm³/mol. The molecule has 106 valence electrons. The van der Waals surface area contributed by atoms with Crippen molar-refractivity contribution in [2.24, 2.45) is 0 Å². The van der Waals surface area contributed by atoms with E-state index < -0.39 is 0 Å². The minimum atomic E-state index is -0.100. The number of amides is 1. The third-order valence-corrected chi connectivity index (χ3v) is 2.63. The molecular weight excluding hydrogens is 258 g/mol. The maximum absolute atomic E-state index is 11.7. The molecule has 0 saturated heterocycles. The highest BCUT2D eigenvalue weighted by atomic mass is 16.5. The predicted octanol–water partition coefficient (Wildman–Crippen LogP) is 0.515. The quantitative estimate of drug-likeness (QED) is 0.720. The second kappa shape index (κ2) is 7.25. The van der Waals surface area contributed by atoms with Crippen molar-refractivity contribution < 1.29 is 9.53 Å². The summed E-state index contributed by atoms with van der Waals surface area (Å²) in [6.07, 6.45) is 3.40. The number of hydrogen-bond acceptors (Lipinski definition) is 5. The Hall–Kier alpha value is -2.41. The van der Waals surface area contributed by atoms with Crippen LogP contribution < -0.4 is 15.4 Å². The lowest BCUT2D eigenvalue weighted by molar-refractivity contribution is -0.115. The molecule has 0 bridgehead atoms. The third-order valence-electron chi connectivity index (χ3n) is 2.63. The van der Waals surface area contributed by atoms with Crippen LogP contribution in [0, 0.1) is 0 Å². The Kier molecular flexibility index (Phi) is 5.08. The summed E-state index contributed by atoms with van der Waals surface area (Å²) >= 11 is 0. The first-order chi connectivity index (χ1) is 9.78. The number of aromatic nitrogens is 3. The van der Waals surface area contributed by atoms with Crippen LogP contribution >= 0.6 is 0 Å². The summed E-state index contributed by atoms with van der Waals surface area (Å²) in [5, 5.41) is 13.4. The molecular formula is C13H17N5O2. The maximum atomic E-state index is 11.7. The molecule has 0 saturated carbocycles. The van der Waals surface area contributed by atoms with Crippen molar-refractivity contribution in [1.82, 2.24) is 20.3 Å². The zero-order valence-electron chi connectivity index (χ0n) is 11.2. The van der Waals surface area contributed by atoms with E-state index in [2.05, 4.69) is 20.9 Å². The fourth-order valence-corrected chi connectivity index (χ4v) is 1.65. The van der Waals surface area contributed by atoms with Gasteiger partial charge in [-0.3, -0.25) is 9.48 Å². The van der Waals surface area contributed by atoms with Crippen molar-refractivity contribution >= 4 is 11.6 Å². The van der Waals surface area contributed by atoms with Crippen LogP contribution in [0.15, 0.2) is 36.7 Å². The highest BCUT2D eigenvalue weighted by Crippen LogP contribution is 2.16. The summed E-state index contributed by atoms with van der Waals surface area (Å²) in [7, 11) is 1.59. The van der Waals surface area contributed by atoms with Crippen molar-refractivity contribution in [3.8, 4) is 5.75 Å². The number of benzene rings is 1. The molecule has 0 aliphatic carbocycles. The third kappa shape index (κ3) is 4.36. The molecule has 0 atom stereocenters. The van der Waals surface area contributed by atoms with Crippen LogP contribution in [0.5, 0.6) is 5.75 Å². The first kappa shape index (κ1) is 14.0. The molecule has 2 aromatic rings. The van der Waals surface area contributed by atoms with Crippen molar-refractivity contribution in [2.45, 2.75) is 6.54 Å². The van der Waals surface area contributed by atoms with Crippen LogP contribution in [0.4, 0.5) is 5.69 Å². The molecule has 7 heteroatoms. The monoisotopic (exact) mass is 275 g/mol. The van der Waals surface area contributed by atoms with E-state index >= 15 is 0 Å². The zero-order chi connectivity index (χ0) is 14.2. The molecule has 0 aliphatic rings. The van der Waals surface area contributed by atoms with Gasteiger partial charge in [0.05, 0.1) is 26.4 Å². The van der Waals surface area contributed by atoms with Gasteiger partial charge >= 0.3 is 0 Å². The van der Waals surface area contributed by atoms with Crippen LogP contribution in [-0.4, -0.2) is 41.1 Å². The van der Waals surface area contributed by atoms with E-state index in [1.54, 1.807) is 30.3 Å². The molecule has 2 N–H and O–H groups in total. The first-order valence-electron chi connectivity index (χ1n) is 6.26. The minimum absolute atomic E-state index is 0.100. The molecule has 1 amide bonds. The number of carbonyl (C=O) groups is 1. The molecule has 0 spiro atoms. The number of methoxy groups -OCH3 is 1. The Morgan fingerprint density at radius 3 is 3.10 bits per heavy atom. The molecule has 0 radical (unpaired) electrons. The molecule has 0 unspecified atom stereocenters. The van der Waals surface area contributed by atoms with Crippen molar-refractivity contribution in [1.29, 1.82) is 0 Å². The van der Waals surface area contributed by atoms with E-state index in [1.165, 1.54) is 0 Å². The summed E-state index contributed by atoms with van der Waals surface area (Å²) < 4.78 is 6.80. The van der Waals surface area contributed by atoms with Crippen LogP contribution in [0.3, 0.4) is 0 Å². The van der Waals surface area contributed by atoms with Crippen LogP contribution in [0.25, 0.3) is 0 Å². The van der Waals surface area contributed by atoms with Crippen LogP contribution in [0.1, 0.15) is 0 Å². The fraction of sp³-hybridized carbons (Fsp3) is 0.308. The number of nitrogens with zero attached hydrogens (tertiary/aromatic N) is 3.